The van der Waals surface area contributed by atoms with E-state index in [1.807, 2.05) is 26.0 Å². The van der Waals surface area contributed by atoms with E-state index in [4.69, 9.17) is 16.3 Å². The zero-order chi connectivity index (χ0) is 18.4. The molecule has 1 atom stereocenters. The molecule has 0 spiro atoms. The predicted octanol–water partition coefficient (Wildman–Crippen LogP) is 4.97. The first-order valence-corrected chi connectivity index (χ1v) is 9.89. The van der Waals surface area contributed by atoms with Gasteiger partial charge in [0.05, 0.1) is 5.92 Å². The van der Waals surface area contributed by atoms with Crippen molar-refractivity contribution in [2.75, 3.05) is 13.2 Å². The fourth-order valence-electron chi connectivity index (χ4n) is 3.70. The monoisotopic (exact) mass is 365 g/mol. The van der Waals surface area contributed by atoms with Gasteiger partial charge in [0, 0.05) is 23.0 Å². The maximum Gasteiger partial charge on any atom is 0.308 e. The van der Waals surface area contributed by atoms with E-state index in [1.54, 1.807) is 0 Å². The number of hydrogen-bond acceptors (Lipinski definition) is 3. The van der Waals surface area contributed by atoms with Crippen LogP contribution in [0.4, 0.5) is 0 Å². The minimum Gasteiger partial charge on any atom is -0.464 e. The Kier molecular flexibility index (Phi) is 7.33. The maximum atomic E-state index is 11.6. The van der Waals surface area contributed by atoms with Gasteiger partial charge in [0.25, 0.3) is 0 Å². The average Bonchev–Trinajstić information content (AvgIpc) is 2.51. The van der Waals surface area contributed by atoms with Gasteiger partial charge in [0.1, 0.15) is 6.61 Å². The molecule has 3 nitrogen and oxygen atoms in total. The summed E-state index contributed by atoms with van der Waals surface area (Å²) in [6.07, 6.45) is 4.78. The Morgan fingerprint density at radius 1 is 1.20 bits per heavy atom. The summed E-state index contributed by atoms with van der Waals surface area (Å²) in [6.45, 7) is 9.39. The molecular weight excluding hydrogens is 334 g/mol. The van der Waals surface area contributed by atoms with Crippen LogP contribution in [0.2, 0.25) is 5.02 Å². The van der Waals surface area contributed by atoms with Gasteiger partial charge in [-0.1, -0.05) is 57.8 Å². The molecule has 0 radical (unpaired) electrons. The molecule has 1 aliphatic carbocycles. The first kappa shape index (κ1) is 20.3. The second-order valence-corrected chi connectivity index (χ2v) is 8.41. The lowest BCUT2D eigenvalue weighted by molar-refractivity contribution is -0.147. The van der Waals surface area contributed by atoms with Crippen LogP contribution < -0.4 is 5.32 Å². The van der Waals surface area contributed by atoms with Gasteiger partial charge in [-0.15, -0.1) is 0 Å². The highest BCUT2D eigenvalue weighted by atomic mass is 35.5. The molecule has 4 heteroatoms. The van der Waals surface area contributed by atoms with Crippen LogP contribution in [0, 0.1) is 11.8 Å². The normalized spacial score (nSPS) is 17.4. The number of hydrogen-bond donors (Lipinski definition) is 1. The van der Waals surface area contributed by atoms with Crippen molar-refractivity contribution in [1.29, 1.82) is 0 Å². The van der Waals surface area contributed by atoms with Gasteiger partial charge in [-0.05, 0) is 42.9 Å². The van der Waals surface area contributed by atoms with Gasteiger partial charge in [0.15, 0.2) is 0 Å². The van der Waals surface area contributed by atoms with Crippen molar-refractivity contribution in [3.05, 3.63) is 34.9 Å². The van der Waals surface area contributed by atoms with Crippen LogP contribution in [-0.2, 0) is 14.9 Å². The highest BCUT2D eigenvalue weighted by Crippen LogP contribution is 2.48. The summed E-state index contributed by atoms with van der Waals surface area (Å²) in [5.74, 6) is 0.414. The van der Waals surface area contributed by atoms with Crippen LogP contribution in [-0.4, -0.2) is 25.2 Å². The van der Waals surface area contributed by atoms with E-state index in [9.17, 15) is 4.79 Å². The molecule has 1 aromatic carbocycles. The fraction of sp³-hybridized carbons (Fsp3) is 0.667. The number of rotatable bonds is 9. The molecule has 0 bridgehead atoms. The van der Waals surface area contributed by atoms with Crippen molar-refractivity contribution in [3.63, 3.8) is 0 Å². The molecule has 140 valence electrons. The second-order valence-electron chi connectivity index (χ2n) is 7.98. The topological polar surface area (TPSA) is 38.3 Å². The smallest absolute Gasteiger partial charge is 0.308 e. The number of nitrogens with one attached hydrogen (secondary N) is 1. The molecular formula is C21H32ClNO2. The third-order valence-electron chi connectivity index (χ3n) is 5.25. The summed E-state index contributed by atoms with van der Waals surface area (Å²) in [7, 11) is 0. The number of esters is 1. The van der Waals surface area contributed by atoms with E-state index in [1.165, 1.54) is 24.8 Å². The van der Waals surface area contributed by atoms with Gasteiger partial charge in [-0.25, -0.2) is 0 Å². The Hall–Kier alpha value is -1.06. The third kappa shape index (κ3) is 5.21. The Morgan fingerprint density at radius 2 is 1.84 bits per heavy atom. The molecule has 0 saturated heterocycles. The van der Waals surface area contributed by atoms with Gasteiger partial charge >= 0.3 is 5.97 Å². The molecule has 0 heterocycles. The molecule has 2 rings (SSSR count). The molecule has 1 aromatic rings. The third-order valence-corrected chi connectivity index (χ3v) is 5.50. The van der Waals surface area contributed by atoms with Crippen LogP contribution >= 0.6 is 11.6 Å². The zero-order valence-corrected chi connectivity index (χ0v) is 16.7. The second kappa shape index (κ2) is 9.05. The Morgan fingerprint density at radius 3 is 2.32 bits per heavy atom. The molecule has 1 unspecified atom stereocenters. The standard InChI is InChI=1S/C21H32ClNO2/c1-15(2)14-19(23-12-13-25-20(24)16(3)4)21(10-5-11-21)17-6-8-18(22)9-7-17/h6-9,15-16,19,23H,5,10-14H2,1-4H3/i20+0. The Bertz CT molecular complexity index is 550. The highest BCUT2D eigenvalue weighted by Gasteiger charge is 2.45. The number of carbonyl (C=O) groups excluding carboxylic acids is 1. The minimum absolute atomic E-state index is 0.0708. The summed E-state index contributed by atoms with van der Waals surface area (Å²) in [5.41, 5.74) is 1.55. The summed E-state index contributed by atoms with van der Waals surface area (Å²) >= 11 is 6.08. The molecule has 0 aromatic heterocycles. The largest absolute Gasteiger partial charge is 0.464 e. The number of carbonyl (C=O) groups is 1. The van der Waals surface area contributed by atoms with Crippen LogP contribution in [0.3, 0.4) is 0 Å². The van der Waals surface area contributed by atoms with Crippen LogP contribution in [0.5, 0.6) is 0 Å². The fourth-order valence-corrected chi connectivity index (χ4v) is 3.83. The van der Waals surface area contributed by atoms with Gasteiger partial charge in [-0.3, -0.25) is 4.79 Å². The summed E-state index contributed by atoms with van der Waals surface area (Å²) in [4.78, 5) is 11.6. The predicted molar refractivity (Wildman–Crippen MR) is 104 cm³/mol. The lowest BCUT2D eigenvalue weighted by Gasteiger charge is -2.49. The molecule has 1 N–H and O–H groups in total. The average molecular weight is 366 g/mol. The van der Waals surface area contributed by atoms with Crippen molar-refractivity contribution >= 4 is 17.6 Å². The summed E-state index contributed by atoms with van der Waals surface area (Å²) in [6, 6.07) is 8.73. The molecule has 1 fully saturated rings. The Labute approximate surface area is 157 Å². The van der Waals surface area contributed by atoms with Crippen molar-refractivity contribution < 1.29 is 9.53 Å². The van der Waals surface area contributed by atoms with Gasteiger partial charge in [0.2, 0.25) is 0 Å². The highest BCUT2D eigenvalue weighted by molar-refractivity contribution is 6.30. The number of halogens is 1. The summed E-state index contributed by atoms with van der Waals surface area (Å²) < 4.78 is 5.33. The van der Waals surface area contributed by atoms with Crippen molar-refractivity contribution in [2.24, 2.45) is 11.8 Å². The Balaban J connectivity index is 2.04. The molecule has 0 aliphatic heterocycles. The van der Waals surface area contributed by atoms with Crippen molar-refractivity contribution in [2.45, 2.75) is 64.8 Å². The van der Waals surface area contributed by atoms with Gasteiger partial charge < -0.3 is 10.1 Å². The van der Waals surface area contributed by atoms with E-state index in [2.05, 4.69) is 31.3 Å². The van der Waals surface area contributed by atoms with E-state index in [0.29, 0.717) is 25.1 Å². The van der Waals surface area contributed by atoms with E-state index >= 15 is 0 Å². The maximum absolute atomic E-state index is 11.6. The van der Waals surface area contributed by atoms with E-state index < -0.39 is 0 Å². The van der Waals surface area contributed by atoms with Crippen molar-refractivity contribution in [3.8, 4) is 0 Å². The number of ether oxygens (including phenoxy) is 1. The van der Waals surface area contributed by atoms with Gasteiger partial charge in [-0.2, -0.15) is 0 Å². The zero-order valence-electron chi connectivity index (χ0n) is 16.0. The lowest BCUT2D eigenvalue weighted by atomic mass is 9.59. The van der Waals surface area contributed by atoms with E-state index in [-0.39, 0.29) is 17.3 Å². The molecule has 0 amide bonds. The quantitative estimate of drug-likeness (QED) is 0.496. The van der Waals surface area contributed by atoms with Crippen LogP contribution in [0.1, 0.15) is 58.9 Å². The lowest BCUT2D eigenvalue weighted by Crippen LogP contribution is -2.54. The molecule has 1 saturated carbocycles. The van der Waals surface area contributed by atoms with Crippen LogP contribution in [0.15, 0.2) is 24.3 Å². The molecule has 1 aliphatic rings. The van der Waals surface area contributed by atoms with Crippen molar-refractivity contribution in [1.82, 2.24) is 5.32 Å². The molecule has 25 heavy (non-hydrogen) atoms. The van der Waals surface area contributed by atoms with Crippen LogP contribution in [0.25, 0.3) is 0 Å². The summed E-state index contributed by atoms with van der Waals surface area (Å²) in [5, 5.41) is 4.48. The first-order chi connectivity index (χ1) is 11.8. The number of benzene rings is 1. The first-order valence-electron chi connectivity index (χ1n) is 9.51. The SMILES string of the molecule is CC(C)CC(NCCO[12C](=O)C(C)C)C1(c2ccc(Cl)cc2)CCC1. The van der Waals surface area contributed by atoms with E-state index in [0.717, 1.165) is 11.4 Å². The minimum atomic E-state index is -0.127.